The number of benzene rings is 3. The molecule has 10 heteroatoms. The molecule has 0 saturated carbocycles. The number of fused-ring (bicyclic) bond motifs is 1. The second-order valence-corrected chi connectivity index (χ2v) is 9.81. The SMILES string of the molecule is O=C(N=Nc1cc(NS(=O)(=O)c2ccc(Br)cc2)c2c(c1O)CC=CC2)c1ccccc1O. The first-order valence-corrected chi connectivity index (χ1v) is 12.1. The first kappa shape index (κ1) is 22.7. The zero-order valence-electron chi connectivity index (χ0n) is 17.1. The molecule has 1 aliphatic rings. The van der Waals surface area contributed by atoms with E-state index in [9.17, 15) is 23.4 Å². The molecule has 0 atom stereocenters. The standard InChI is InChI=1S/C23H18BrN3O5S/c24-14-9-11-15(12-10-14)33(31,32)27-19-13-20(22(29)17-6-2-1-5-16(17)19)25-26-23(30)18-7-3-4-8-21(18)28/h1-4,7-13,27-29H,5-6H2. The summed E-state index contributed by atoms with van der Waals surface area (Å²) in [5.74, 6) is -1.24. The number of carbonyl (C=O) groups excluding carboxylic acids is 1. The molecule has 168 valence electrons. The lowest BCUT2D eigenvalue weighted by molar-refractivity contribution is 0.0992. The summed E-state index contributed by atoms with van der Waals surface area (Å²) in [5.41, 5.74) is 1.23. The monoisotopic (exact) mass is 527 g/mol. The number of azo groups is 1. The Balaban J connectivity index is 1.73. The lowest BCUT2D eigenvalue weighted by Gasteiger charge is -2.19. The van der Waals surface area contributed by atoms with Crippen molar-refractivity contribution in [2.45, 2.75) is 17.7 Å². The Bertz CT molecular complexity index is 1400. The zero-order valence-corrected chi connectivity index (χ0v) is 19.5. The second kappa shape index (κ2) is 9.16. The molecule has 0 aromatic heterocycles. The molecule has 33 heavy (non-hydrogen) atoms. The number of sulfonamides is 1. The van der Waals surface area contributed by atoms with Gasteiger partial charge in [0.2, 0.25) is 0 Å². The van der Waals surface area contributed by atoms with Crippen molar-refractivity contribution in [3.8, 4) is 11.5 Å². The first-order valence-electron chi connectivity index (χ1n) is 9.81. The van der Waals surface area contributed by atoms with E-state index in [1.54, 1.807) is 24.3 Å². The number of phenols is 2. The first-order chi connectivity index (χ1) is 15.8. The predicted molar refractivity (Wildman–Crippen MR) is 127 cm³/mol. The number of hydrogen-bond acceptors (Lipinski definition) is 6. The van der Waals surface area contributed by atoms with Crippen LogP contribution >= 0.6 is 15.9 Å². The molecule has 0 radical (unpaired) electrons. The highest BCUT2D eigenvalue weighted by Crippen LogP contribution is 2.41. The van der Waals surface area contributed by atoms with Crippen molar-refractivity contribution in [2.24, 2.45) is 10.2 Å². The van der Waals surface area contributed by atoms with Crippen LogP contribution < -0.4 is 4.72 Å². The predicted octanol–water partition coefficient (Wildman–Crippen LogP) is 5.24. The van der Waals surface area contributed by atoms with Gasteiger partial charge in [-0.15, -0.1) is 10.2 Å². The minimum Gasteiger partial charge on any atom is -0.507 e. The lowest BCUT2D eigenvalue weighted by atomic mass is 9.93. The number of amides is 1. The molecule has 0 aliphatic heterocycles. The van der Waals surface area contributed by atoms with Crippen LogP contribution in [0.15, 0.2) is 86.3 Å². The third-order valence-electron chi connectivity index (χ3n) is 5.06. The fourth-order valence-corrected chi connectivity index (χ4v) is 4.75. The van der Waals surface area contributed by atoms with E-state index in [0.717, 1.165) is 4.47 Å². The quantitative estimate of drug-likeness (QED) is 0.237. The molecule has 0 unspecified atom stereocenters. The van der Waals surface area contributed by atoms with E-state index in [1.807, 2.05) is 12.2 Å². The van der Waals surface area contributed by atoms with Crippen LogP contribution in [0, 0.1) is 0 Å². The number of rotatable bonds is 5. The van der Waals surface area contributed by atoms with Gasteiger partial charge in [0.05, 0.1) is 16.1 Å². The molecule has 3 aromatic carbocycles. The van der Waals surface area contributed by atoms with E-state index in [-0.39, 0.29) is 33.3 Å². The highest BCUT2D eigenvalue weighted by Gasteiger charge is 2.23. The van der Waals surface area contributed by atoms with Crippen molar-refractivity contribution in [2.75, 3.05) is 4.72 Å². The van der Waals surface area contributed by atoms with E-state index >= 15 is 0 Å². The number of anilines is 1. The number of aromatic hydroxyl groups is 2. The Morgan fingerprint density at radius 2 is 1.64 bits per heavy atom. The van der Waals surface area contributed by atoms with Gasteiger partial charge in [-0.25, -0.2) is 8.42 Å². The van der Waals surface area contributed by atoms with E-state index in [4.69, 9.17) is 0 Å². The van der Waals surface area contributed by atoms with Gasteiger partial charge >= 0.3 is 0 Å². The summed E-state index contributed by atoms with van der Waals surface area (Å²) in [6.45, 7) is 0. The summed E-state index contributed by atoms with van der Waals surface area (Å²) in [6.07, 6.45) is 4.51. The van der Waals surface area contributed by atoms with Gasteiger partial charge in [0.25, 0.3) is 15.9 Å². The number of allylic oxidation sites excluding steroid dienone is 2. The van der Waals surface area contributed by atoms with Gasteiger partial charge in [-0.2, -0.15) is 0 Å². The number of halogens is 1. The van der Waals surface area contributed by atoms with Crippen LogP contribution in [0.25, 0.3) is 0 Å². The number of phenolic OH excluding ortho intramolecular Hbond substituents is 2. The van der Waals surface area contributed by atoms with Crippen molar-refractivity contribution >= 4 is 43.2 Å². The van der Waals surface area contributed by atoms with E-state index in [2.05, 4.69) is 30.9 Å². The summed E-state index contributed by atoms with van der Waals surface area (Å²) in [4.78, 5) is 12.4. The molecule has 0 fully saturated rings. The molecule has 3 N–H and O–H groups in total. The minimum absolute atomic E-state index is 0.0437. The van der Waals surface area contributed by atoms with E-state index < -0.39 is 15.9 Å². The Morgan fingerprint density at radius 3 is 2.33 bits per heavy atom. The fourth-order valence-electron chi connectivity index (χ4n) is 3.40. The minimum atomic E-state index is -3.92. The number of nitrogens with zero attached hydrogens (tertiary/aromatic N) is 2. The zero-order chi connectivity index (χ0) is 23.6. The van der Waals surface area contributed by atoms with Gasteiger partial charge in [0.15, 0.2) is 0 Å². The maximum absolute atomic E-state index is 12.9. The van der Waals surface area contributed by atoms with E-state index in [0.29, 0.717) is 24.0 Å². The van der Waals surface area contributed by atoms with Crippen LogP contribution in [0.5, 0.6) is 11.5 Å². The third kappa shape index (κ3) is 4.81. The number of nitrogens with one attached hydrogen (secondary N) is 1. The molecule has 4 rings (SSSR count). The summed E-state index contributed by atoms with van der Waals surface area (Å²) in [6, 6.07) is 13.4. The van der Waals surface area contributed by atoms with E-state index in [1.165, 1.54) is 30.3 Å². The maximum Gasteiger partial charge on any atom is 0.299 e. The lowest BCUT2D eigenvalue weighted by Crippen LogP contribution is -2.15. The average Bonchev–Trinajstić information content (AvgIpc) is 2.80. The normalized spacial score (nSPS) is 13.1. The van der Waals surface area contributed by atoms with Gasteiger partial charge < -0.3 is 10.2 Å². The average molecular weight is 528 g/mol. The van der Waals surface area contributed by atoms with Crippen molar-refractivity contribution in [1.82, 2.24) is 0 Å². The third-order valence-corrected chi connectivity index (χ3v) is 6.97. The molecule has 1 amide bonds. The number of para-hydroxylation sites is 1. The van der Waals surface area contributed by atoms with Crippen LogP contribution in [-0.4, -0.2) is 24.5 Å². The number of carbonyl (C=O) groups is 1. The Hall–Kier alpha value is -3.50. The van der Waals surface area contributed by atoms with Gasteiger partial charge in [-0.05, 0) is 60.9 Å². The molecule has 0 saturated heterocycles. The Labute approximate surface area is 198 Å². The smallest absolute Gasteiger partial charge is 0.299 e. The molecule has 1 aliphatic carbocycles. The van der Waals surface area contributed by atoms with Crippen LogP contribution in [0.1, 0.15) is 21.5 Å². The van der Waals surface area contributed by atoms with Crippen LogP contribution in [0.2, 0.25) is 0 Å². The largest absolute Gasteiger partial charge is 0.507 e. The molecular formula is C23H18BrN3O5S. The summed E-state index contributed by atoms with van der Waals surface area (Å²) < 4.78 is 29.2. The molecule has 0 heterocycles. The second-order valence-electron chi connectivity index (χ2n) is 7.21. The van der Waals surface area contributed by atoms with Gasteiger partial charge in [0, 0.05) is 10.0 Å². The van der Waals surface area contributed by atoms with Crippen molar-refractivity contribution in [3.63, 3.8) is 0 Å². The van der Waals surface area contributed by atoms with Crippen LogP contribution in [0.4, 0.5) is 11.4 Å². The van der Waals surface area contributed by atoms with Gasteiger partial charge in [-0.1, -0.05) is 40.2 Å². The number of hydrogen-bond donors (Lipinski definition) is 3. The molecule has 3 aromatic rings. The Kier molecular flexibility index (Phi) is 6.30. The summed E-state index contributed by atoms with van der Waals surface area (Å²) in [5, 5.41) is 28.0. The van der Waals surface area contributed by atoms with Crippen molar-refractivity contribution in [1.29, 1.82) is 0 Å². The highest BCUT2D eigenvalue weighted by molar-refractivity contribution is 9.10. The van der Waals surface area contributed by atoms with Crippen LogP contribution in [0.3, 0.4) is 0 Å². The van der Waals surface area contributed by atoms with Gasteiger partial charge in [0.1, 0.15) is 17.2 Å². The highest BCUT2D eigenvalue weighted by atomic mass is 79.9. The summed E-state index contributed by atoms with van der Waals surface area (Å²) in [7, 11) is -3.92. The summed E-state index contributed by atoms with van der Waals surface area (Å²) >= 11 is 3.28. The molecule has 0 spiro atoms. The Morgan fingerprint density at radius 1 is 0.970 bits per heavy atom. The van der Waals surface area contributed by atoms with Crippen molar-refractivity contribution < 1.29 is 23.4 Å². The molecular weight excluding hydrogens is 510 g/mol. The maximum atomic E-state index is 12.9. The topological polar surface area (TPSA) is 128 Å². The van der Waals surface area contributed by atoms with Crippen LogP contribution in [-0.2, 0) is 22.9 Å². The molecule has 0 bridgehead atoms. The van der Waals surface area contributed by atoms with Gasteiger partial charge in [-0.3, -0.25) is 9.52 Å². The van der Waals surface area contributed by atoms with Crippen molar-refractivity contribution in [3.05, 3.63) is 87.9 Å². The fraction of sp³-hybridized carbons (Fsp3) is 0.0870. The molecule has 8 nitrogen and oxygen atoms in total.